The van der Waals surface area contributed by atoms with Gasteiger partial charge in [0.15, 0.2) is 0 Å². The molecule has 0 atom stereocenters. The van der Waals surface area contributed by atoms with Crippen LogP contribution in [0, 0.1) is 5.82 Å². The minimum absolute atomic E-state index is 0.180. The van der Waals surface area contributed by atoms with E-state index >= 15 is 0 Å². The Morgan fingerprint density at radius 1 is 1.21 bits per heavy atom. The molecule has 0 saturated carbocycles. The van der Waals surface area contributed by atoms with Crippen LogP contribution in [-0.2, 0) is 9.31 Å². The van der Waals surface area contributed by atoms with Crippen molar-refractivity contribution >= 4 is 18.5 Å². The van der Waals surface area contributed by atoms with Crippen molar-refractivity contribution in [2.45, 2.75) is 38.9 Å². The first-order valence-electron chi connectivity index (χ1n) is 6.09. The number of carbonyl (C=O) groups is 1. The summed E-state index contributed by atoms with van der Waals surface area (Å²) in [5, 5.41) is 0. The molecule has 0 spiro atoms. The van der Waals surface area contributed by atoms with Gasteiger partial charge in [0, 0.05) is 0 Å². The van der Waals surface area contributed by atoms with E-state index in [0.29, 0.717) is 5.46 Å². The molecule has 1 aliphatic rings. The van der Waals surface area contributed by atoms with E-state index in [9.17, 15) is 9.18 Å². The molecule has 4 nitrogen and oxygen atoms in total. The summed E-state index contributed by atoms with van der Waals surface area (Å²) >= 11 is 0. The minimum Gasteiger partial charge on any atom is -0.399 e. The van der Waals surface area contributed by atoms with Crippen LogP contribution in [-0.4, -0.2) is 24.2 Å². The maximum absolute atomic E-state index is 13.7. The molecule has 1 heterocycles. The monoisotopic (exact) mass is 265 g/mol. The highest BCUT2D eigenvalue weighted by Gasteiger charge is 2.52. The number of carbonyl (C=O) groups excluding carboxylic acids is 1. The average molecular weight is 265 g/mol. The van der Waals surface area contributed by atoms with Crippen LogP contribution in [0.3, 0.4) is 0 Å². The molecule has 2 N–H and O–H groups in total. The third-order valence-electron chi connectivity index (χ3n) is 3.80. The number of primary amides is 1. The third kappa shape index (κ3) is 2.26. The maximum Gasteiger partial charge on any atom is 0.495 e. The Balaban J connectivity index is 2.46. The lowest BCUT2D eigenvalue weighted by molar-refractivity contribution is 0.00578. The van der Waals surface area contributed by atoms with Crippen molar-refractivity contribution in [2.75, 3.05) is 0 Å². The Kier molecular flexibility index (Phi) is 3.19. The van der Waals surface area contributed by atoms with Crippen LogP contribution in [0.4, 0.5) is 4.39 Å². The highest BCUT2D eigenvalue weighted by molar-refractivity contribution is 6.63. The number of hydrogen-bond donors (Lipinski definition) is 1. The largest absolute Gasteiger partial charge is 0.495 e. The van der Waals surface area contributed by atoms with Gasteiger partial charge in [0.05, 0.1) is 16.8 Å². The van der Waals surface area contributed by atoms with Crippen molar-refractivity contribution in [3.63, 3.8) is 0 Å². The summed E-state index contributed by atoms with van der Waals surface area (Å²) in [6.45, 7) is 7.54. The number of halogens is 1. The second kappa shape index (κ2) is 4.32. The van der Waals surface area contributed by atoms with E-state index in [-0.39, 0.29) is 5.56 Å². The van der Waals surface area contributed by atoms with Crippen molar-refractivity contribution in [1.82, 2.24) is 0 Å². The zero-order valence-corrected chi connectivity index (χ0v) is 11.5. The highest BCUT2D eigenvalue weighted by Crippen LogP contribution is 2.36. The molecule has 0 unspecified atom stereocenters. The van der Waals surface area contributed by atoms with E-state index in [0.717, 1.165) is 0 Å². The SMILES string of the molecule is CC1(C)OB(c2cccc(F)c2C(N)=O)OC1(C)C. The summed E-state index contributed by atoms with van der Waals surface area (Å²) in [6.07, 6.45) is 0. The maximum atomic E-state index is 13.7. The lowest BCUT2D eigenvalue weighted by Gasteiger charge is -2.32. The lowest BCUT2D eigenvalue weighted by Crippen LogP contribution is -2.41. The molecule has 1 amide bonds. The second-order valence-electron chi connectivity index (χ2n) is 5.66. The normalized spacial score (nSPS) is 20.6. The summed E-state index contributed by atoms with van der Waals surface area (Å²) in [5.74, 6) is -1.50. The number of hydrogen-bond acceptors (Lipinski definition) is 3. The van der Waals surface area contributed by atoms with Crippen LogP contribution >= 0.6 is 0 Å². The first-order valence-corrected chi connectivity index (χ1v) is 6.09. The standard InChI is InChI=1S/C13H17BFNO3/c1-12(2)13(3,4)19-14(18-12)8-6-5-7-9(15)10(8)11(16)17/h5-7H,1-4H3,(H2,16,17). The van der Waals surface area contributed by atoms with Crippen LogP contribution in [0.1, 0.15) is 38.1 Å². The van der Waals surface area contributed by atoms with E-state index in [1.54, 1.807) is 6.07 Å². The third-order valence-corrected chi connectivity index (χ3v) is 3.80. The molecule has 0 radical (unpaired) electrons. The van der Waals surface area contributed by atoms with Crippen LogP contribution in [0.15, 0.2) is 18.2 Å². The summed E-state index contributed by atoms with van der Waals surface area (Å²) in [6, 6.07) is 4.28. The average Bonchev–Trinajstić information content (AvgIpc) is 2.47. The van der Waals surface area contributed by atoms with Gasteiger partial charge in [-0.2, -0.15) is 0 Å². The second-order valence-corrected chi connectivity index (χ2v) is 5.66. The number of rotatable bonds is 2. The van der Waals surface area contributed by atoms with E-state index < -0.39 is 30.0 Å². The van der Waals surface area contributed by atoms with Gasteiger partial charge in [0.25, 0.3) is 5.91 Å². The zero-order chi connectivity index (χ0) is 14.4. The van der Waals surface area contributed by atoms with E-state index in [4.69, 9.17) is 15.0 Å². The Hall–Kier alpha value is -1.40. The molecule has 1 saturated heterocycles. The first kappa shape index (κ1) is 14.0. The molecule has 2 rings (SSSR count). The van der Waals surface area contributed by atoms with E-state index in [1.165, 1.54) is 12.1 Å². The highest BCUT2D eigenvalue weighted by atomic mass is 19.1. The lowest BCUT2D eigenvalue weighted by atomic mass is 9.75. The number of benzene rings is 1. The summed E-state index contributed by atoms with van der Waals surface area (Å²) in [7, 11) is -0.803. The number of amides is 1. The molecular formula is C13H17BFNO3. The molecule has 1 aromatic carbocycles. The minimum atomic E-state index is -0.831. The molecule has 1 aromatic rings. The van der Waals surface area contributed by atoms with Crippen molar-refractivity contribution in [1.29, 1.82) is 0 Å². The fourth-order valence-electron chi connectivity index (χ4n) is 1.97. The smallest absolute Gasteiger partial charge is 0.399 e. The van der Waals surface area contributed by atoms with E-state index in [2.05, 4.69) is 0 Å². The molecule has 102 valence electrons. The quantitative estimate of drug-likeness (QED) is 0.818. The molecule has 6 heteroatoms. The predicted molar refractivity (Wildman–Crippen MR) is 70.6 cm³/mol. The Bertz CT molecular complexity index is 515. The van der Waals surface area contributed by atoms with Gasteiger partial charge in [0.2, 0.25) is 0 Å². The van der Waals surface area contributed by atoms with Gasteiger partial charge in [0.1, 0.15) is 5.82 Å². The Morgan fingerprint density at radius 3 is 2.21 bits per heavy atom. The van der Waals surface area contributed by atoms with Crippen LogP contribution < -0.4 is 11.2 Å². The van der Waals surface area contributed by atoms with Gasteiger partial charge in [-0.25, -0.2) is 4.39 Å². The van der Waals surface area contributed by atoms with E-state index in [1.807, 2.05) is 27.7 Å². The van der Waals surface area contributed by atoms with Crippen molar-refractivity contribution in [3.8, 4) is 0 Å². The molecule has 19 heavy (non-hydrogen) atoms. The zero-order valence-electron chi connectivity index (χ0n) is 11.5. The molecule has 1 aliphatic heterocycles. The molecule has 0 aromatic heterocycles. The summed E-state index contributed by atoms with van der Waals surface area (Å²) < 4.78 is 25.3. The van der Waals surface area contributed by atoms with Crippen molar-refractivity contribution in [2.24, 2.45) is 5.73 Å². The van der Waals surface area contributed by atoms with Gasteiger partial charge < -0.3 is 15.0 Å². The number of nitrogens with two attached hydrogens (primary N) is 1. The Morgan fingerprint density at radius 2 is 1.74 bits per heavy atom. The molecule has 0 bridgehead atoms. The van der Waals surface area contributed by atoms with Gasteiger partial charge in [-0.1, -0.05) is 12.1 Å². The summed E-state index contributed by atoms with van der Waals surface area (Å²) in [4.78, 5) is 11.4. The van der Waals surface area contributed by atoms with Crippen LogP contribution in [0.5, 0.6) is 0 Å². The Labute approximate surface area is 112 Å². The van der Waals surface area contributed by atoms with Gasteiger partial charge in [-0.05, 0) is 39.2 Å². The topological polar surface area (TPSA) is 61.5 Å². The summed E-state index contributed by atoms with van der Waals surface area (Å²) in [5.41, 5.74) is 4.26. The fourth-order valence-corrected chi connectivity index (χ4v) is 1.97. The fraction of sp³-hybridized carbons (Fsp3) is 0.462. The van der Waals surface area contributed by atoms with Crippen LogP contribution in [0.25, 0.3) is 0 Å². The predicted octanol–water partition coefficient (Wildman–Crippen LogP) is 1.22. The van der Waals surface area contributed by atoms with Gasteiger partial charge >= 0.3 is 7.12 Å². The van der Waals surface area contributed by atoms with Gasteiger partial charge in [-0.3, -0.25) is 4.79 Å². The molecule has 1 fully saturated rings. The molecular weight excluding hydrogens is 248 g/mol. The first-order chi connectivity index (χ1) is 8.66. The van der Waals surface area contributed by atoms with Crippen molar-refractivity contribution in [3.05, 3.63) is 29.6 Å². The molecule has 0 aliphatic carbocycles. The van der Waals surface area contributed by atoms with Gasteiger partial charge in [-0.15, -0.1) is 0 Å². The van der Waals surface area contributed by atoms with Crippen LogP contribution in [0.2, 0.25) is 0 Å². The van der Waals surface area contributed by atoms with Crippen molar-refractivity contribution < 1.29 is 18.5 Å².